The van der Waals surface area contributed by atoms with E-state index < -0.39 is 0 Å². The van der Waals surface area contributed by atoms with Crippen LogP contribution < -0.4 is 5.32 Å². The molecule has 0 aliphatic carbocycles. The van der Waals surface area contributed by atoms with Gasteiger partial charge in [0.05, 0.1) is 5.25 Å². The number of thioether (sulfide) groups is 1. The van der Waals surface area contributed by atoms with Gasteiger partial charge in [0.1, 0.15) is 0 Å². The third-order valence-electron chi connectivity index (χ3n) is 3.59. The smallest absolute Gasteiger partial charge is 0.206 e. The number of ketones is 1. The van der Waals surface area contributed by atoms with Crippen LogP contribution in [-0.2, 0) is 0 Å². The van der Waals surface area contributed by atoms with E-state index in [4.69, 9.17) is 0 Å². The first kappa shape index (κ1) is 16.7. The highest BCUT2D eigenvalue weighted by Crippen LogP contribution is 2.32. The Bertz CT molecular complexity index is 884. The lowest BCUT2D eigenvalue weighted by atomic mass is 10.1. The average Bonchev–Trinajstić information content (AvgIpc) is 3.15. The van der Waals surface area contributed by atoms with Gasteiger partial charge in [-0.15, -0.1) is 16.8 Å². The second-order valence-electron chi connectivity index (χ2n) is 5.34. The van der Waals surface area contributed by atoms with E-state index in [0.717, 1.165) is 31.6 Å². The molecule has 3 rings (SSSR count). The van der Waals surface area contributed by atoms with Crippen molar-refractivity contribution in [1.82, 2.24) is 15.2 Å². The van der Waals surface area contributed by atoms with Crippen molar-refractivity contribution in [3.05, 3.63) is 48.2 Å². The highest BCUT2D eigenvalue weighted by molar-refractivity contribution is 8.02. The maximum atomic E-state index is 12.9. The number of carbonyl (C=O) groups excluding carboxylic acids is 1. The van der Waals surface area contributed by atoms with E-state index in [2.05, 4.69) is 27.1 Å². The highest BCUT2D eigenvalue weighted by Gasteiger charge is 2.23. The zero-order valence-electron chi connectivity index (χ0n) is 13.5. The Morgan fingerprint density at radius 1 is 1.46 bits per heavy atom. The van der Waals surface area contributed by atoms with E-state index in [-0.39, 0.29) is 11.0 Å². The van der Waals surface area contributed by atoms with Crippen molar-refractivity contribution in [2.75, 3.05) is 11.9 Å². The van der Waals surface area contributed by atoms with Gasteiger partial charge >= 0.3 is 0 Å². The molecule has 24 heavy (non-hydrogen) atoms. The molecule has 0 bridgehead atoms. The van der Waals surface area contributed by atoms with Crippen LogP contribution in [0.4, 0.5) is 5.13 Å². The van der Waals surface area contributed by atoms with Crippen LogP contribution in [0.15, 0.2) is 41.3 Å². The molecule has 0 aliphatic rings. The monoisotopic (exact) mass is 358 g/mol. The van der Waals surface area contributed by atoms with Crippen molar-refractivity contribution in [3.8, 4) is 0 Å². The molecule has 7 heteroatoms. The fourth-order valence-corrected chi connectivity index (χ4v) is 4.45. The molecule has 1 unspecified atom stereocenters. The van der Waals surface area contributed by atoms with Crippen LogP contribution in [0, 0.1) is 6.92 Å². The van der Waals surface area contributed by atoms with Gasteiger partial charge in [0.25, 0.3) is 0 Å². The standard InChI is InChI=1S/C17H18N4OS2/c1-4-9-18-16-20-21-17(24-16)23-11(3)15(22)14-10(2)19-13-8-6-5-7-12(13)14/h4-8,11,19H,1,9H2,2-3H3,(H,18,20). The first-order chi connectivity index (χ1) is 11.6. The summed E-state index contributed by atoms with van der Waals surface area (Å²) < 4.78 is 0.778. The molecule has 0 saturated carbocycles. The van der Waals surface area contributed by atoms with Gasteiger partial charge in [-0.05, 0) is 19.9 Å². The van der Waals surface area contributed by atoms with Crippen LogP contribution in [0.25, 0.3) is 10.9 Å². The maximum Gasteiger partial charge on any atom is 0.206 e. The Balaban J connectivity index is 1.78. The summed E-state index contributed by atoms with van der Waals surface area (Å²) in [5.74, 6) is 0.103. The molecule has 0 radical (unpaired) electrons. The topological polar surface area (TPSA) is 70.7 Å². The number of aromatic nitrogens is 3. The molecule has 0 spiro atoms. The van der Waals surface area contributed by atoms with E-state index in [1.807, 2.05) is 38.1 Å². The van der Waals surface area contributed by atoms with Crippen molar-refractivity contribution in [1.29, 1.82) is 0 Å². The fourth-order valence-electron chi connectivity index (χ4n) is 2.49. The first-order valence-electron chi connectivity index (χ1n) is 7.56. The zero-order chi connectivity index (χ0) is 17.1. The third-order valence-corrected chi connectivity index (χ3v) is 5.66. The molecule has 0 aliphatic heterocycles. The van der Waals surface area contributed by atoms with Crippen LogP contribution >= 0.6 is 23.1 Å². The molecule has 2 aromatic heterocycles. The molecule has 1 atom stereocenters. The lowest BCUT2D eigenvalue weighted by Crippen LogP contribution is -2.14. The minimum Gasteiger partial charge on any atom is -0.358 e. The number of para-hydroxylation sites is 1. The maximum absolute atomic E-state index is 12.9. The molecule has 5 nitrogen and oxygen atoms in total. The number of nitrogens with zero attached hydrogens (tertiary/aromatic N) is 2. The molecule has 2 heterocycles. The van der Waals surface area contributed by atoms with Gasteiger partial charge in [-0.3, -0.25) is 4.79 Å². The quantitative estimate of drug-likeness (QED) is 0.374. The van der Waals surface area contributed by atoms with Crippen molar-refractivity contribution >= 4 is 44.9 Å². The van der Waals surface area contributed by atoms with Crippen LogP contribution in [0.5, 0.6) is 0 Å². The molecule has 124 valence electrons. The minimum atomic E-state index is -0.233. The third kappa shape index (κ3) is 3.37. The number of hydrogen-bond donors (Lipinski definition) is 2. The Labute approximate surface area is 148 Å². The Kier molecular flexibility index (Phi) is 5.01. The molecular weight excluding hydrogens is 340 g/mol. The number of hydrogen-bond acceptors (Lipinski definition) is 6. The second kappa shape index (κ2) is 7.19. The second-order valence-corrected chi connectivity index (χ2v) is 7.90. The number of benzene rings is 1. The molecule has 3 aromatic rings. The van der Waals surface area contributed by atoms with Gasteiger partial charge < -0.3 is 10.3 Å². The molecule has 1 aromatic carbocycles. The number of nitrogens with one attached hydrogen (secondary N) is 2. The van der Waals surface area contributed by atoms with E-state index >= 15 is 0 Å². The predicted molar refractivity (Wildman–Crippen MR) is 101 cm³/mol. The lowest BCUT2D eigenvalue weighted by Gasteiger charge is -2.08. The Morgan fingerprint density at radius 2 is 2.25 bits per heavy atom. The number of carbonyl (C=O) groups is 1. The number of rotatable bonds is 7. The molecular formula is C17H18N4OS2. The fraction of sp³-hybridized carbons (Fsp3) is 0.235. The van der Waals surface area contributed by atoms with Crippen molar-refractivity contribution in [2.24, 2.45) is 0 Å². The number of aromatic amines is 1. The summed E-state index contributed by atoms with van der Waals surface area (Å²) in [6.07, 6.45) is 1.76. The summed E-state index contributed by atoms with van der Waals surface area (Å²) in [6.45, 7) is 8.14. The Hall–Kier alpha value is -2.12. The van der Waals surface area contributed by atoms with Crippen LogP contribution in [0.2, 0.25) is 0 Å². The summed E-state index contributed by atoms with van der Waals surface area (Å²) in [6, 6.07) is 7.88. The van der Waals surface area contributed by atoms with Crippen molar-refractivity contribution in [3.63, 3.8) is 0 Å². The van der Waals surface area contributed by atoms with Crippen LogP contribution in [-0.4, -0.2) is 32.8 Å². The minimum absolute atomic E-state index is 0.103. The van der Waals surface area contributed by atoms with Gasteiger partial charge in [-0.25, -0.2) is 0 Å². The number of fused-ring (bicyclic) bond motifs is 1. The van der Waals surface area contributed by atoms with Gasteiger partial charge in [0.2, 0.25) is 5.13 Å². The summed E-state index contributed by atoms with van der Waals surface area (Å²) >= 11 is 2.88. The van der Waals surface area contributed by atoms with Crippen LogP contribution in [0.1, 0.15) is 23.0 Å². The summed E-state index contributed by atoms with van der Waals surface area (Å²) in [4.78, 5) is 16.2. The van der Waals surface area contributed by atoms with Gasteiger partial charge in [-0.2, -0.15) is 0 Å². The molecule has 0 fully saturated rings. The number of anilines is 1. The number of Topliss-reactive ketones (excluding diaryl/α,β-unsaturated/α-hetero) is 1. The van der Waals surface area contributed by atoms with E-state index in [1.165, 1.54) is 23.1 Å². The SMILES string of the molecule is C=CCNc1nnc(SC(C)C(=O)c2c(C)[nH]c3ccccc23)s1. The van der Waals surface area contributed by atoms with Crippen molar-refractivity contribution < 1.29 is 4.79 Å². The van der Waals surface area contributed by atoms with E-state index in [0.29, 0.717) is 6.54 Å². The molecule has 2 N–H and O–H groups in total. The van der Waals surface area contributed by atoms with Crippen LogP contribution in [0.3, 0.4) is 0 Å². The number of aryl methyl sites for hydroxylation is 1. The van der Waals surface area contributed by atoms with Gasteiger partial charge in [0, 0.05) is 28.7 Å². The Morgan fingerprint density at radius 3 is 3.04 bits per heavy atom. The van der Waals surface area contributed by atoms with E-state index in [9.17, 15) is 4.79 Å². The summed E-state index contributed by atoms with van der Waals surface area (Å²) in [7, 11) is 0. The van der Waals surface area contributed by atoms with Gasteiger partial charge in [0.15, 0.2) is 10.1 Å². The van der Waals surface area contributed by atoms with Crippen molar-refractivity contribution in [2.45, 2.75) is 23.4 Å². The predicted octanol–water partition coefficient (Wildman–Crippen LogP) is 4.29. The first-order valence-corrected chi connectivity index (χ1v) is 9.26. The van der Waals surface area contributed by atoms with E-state index in [1.54, 1.807) is 6.08 Å². The normalized spacial score (nSPS) is 12.2. The zero-order valence-corrected chi connectivity index (χ0v) is 15.1. The number of H-pyrrole nitrogens is 1. The summed E-state index contributed by atoms with van der Waals surface area (Å²) in [5, 5.41) is 12.8. The highest BCUT2D eigenvalue weighted by atomic mass is 32.2. The molecule has 0 amide bonds. The lowest BCUT2D eigenvalue weighted by molar-refractivity contribution is 0.0995. The molecule has 0 saturated heterocycles. The average molecular weight is 358 g/mol. The summed E-state index contributed by atoms with van der Waals surface area (Å²) in [5.41, 5.74) is 2.65. The van der Waals surface area contributed by atoms with Gasteiger partial charge in [-0.1, -0.05) is 47.4 Å². The largest absolute Gasteiger partial charge is 0.358 e.